The van der Waals surface area contributed by atoms with E-state index in [1.54, 1.807) is 0 Å². The summed E-state index contributed by atoms with van der Waals surface area (Å²) in [5.74, 6) is 5.87. The summed E-state index contributed by atoms with van der Waals surface area (Å²) in [4.78, 5) is 0. The zero-order valence-corrected chi connectivity index (χ0v) is 39.7. The van der Waals surface area contributed by atoms with E-state index in [0.717, 1.165) is 59.1 Å². The predicted octanol–water partition coefficient (Wildman–Crippen LogP) is 13.3. The molecule has 0 radical (unpaired) electrons. The molecule has 9 rings (SSSR count). The van der Waals surface area contributed by atoms with Gasteiger partial charge in [-0.1, -0.05) is 121 Å². The number of ether oxygens (including phenoxy) is 3. The van der Waals surface area contributed by atoms with Crippen molar-refractivity contribution in [2.75, 3.05) is 5.33 Å². The summed E-state index contributed by atoms with van der Waals surface area (Å²) in [6.07, 6.45) is 10.6. The van der Waals surface area contributed by atoms with Crippen LogP contribution < -0.4 is 46.0 Å². The molecular weight excluding hydrogens is 838 g/mol. The van der Waals surface area contributed by atoms with Gasteiger partial charge in [-0.15, -0.1) is 0 Å². The lowest BCUT2D eigenvalue weighted by atomic mass is 9.74. The summed E-state index contributed by atoms with van der Waals surface area (Å²) in [5, 5.41) is 8.69. The Labute approximate surface area is 368 Å². The molecule has 0 aromatic heterocycles. The van der Waals surface area contributed by atoms with Gasteiger partial charge in [0.25, 0.3) is 0 Å². The molecule has 0 N–H and O–H groups in total. The van der Waals surface area contributed by atoms with Crippen LogP contribution in [0.4, 0.5) is 0 Å². The number of alkyl halides is 1. The lowest BCUT2D eigenvalue weighted by molar-refractivity contribution is 0.424. The van der Waals surface area contributed by atoms with E-state index in [4.69, 9.17) is 14.2 Å². The highest BCUT2D eigenvalue weighted by Crippen LogP contribution is 2.56. The van der Waals surface area contributed by atoms with Crippen molar-refractivity contribution in [3.63, 3.8) is 0 Å². The molecule has 0 aliphatic carbocycles. The highest BCUT2D eigenvalue weighted by atomic mass is 79.9. The molecule has 0 unspecified atom stereocenters. The Morgan fingerprint density at radius 1 is 0.450 bits per heavy atom. The second-order valence-corrected chi connectivity index (χ2v) is 22.8. The van der Waals surface area contributed by atoms with Gasteiger partial charge in [0.2, 0.25) is 0 Å². The normalized spacial score (nSPS) is 14.7. The minimum atomic E-state index is -1.02. The Bertz CT molecular complexity index is 2330. The van der Waals surface area contributed by atoms with Crippen molar-refractivity contribution >= 4 is 63.6 Å². The molecule has 6 heteroatoms. The summed E-state index contributed by atoms with van der Waals surface area (Å²) >= 11 is 3.68. The molecule has 0 saturated heterocycles. The van der Waals surface area contributed by atoms with E-state index in [-0.39, 0.29) is 5.41 Å². The third-order valence-electron chi connectivity index (χ3n) is 12.6. The Morgan fingerprint density at radius 2 is 0.833 bits per heavy atom. The molecule has 0 saturated carbocycles. The first kappa shape index (κ1) is 41.4. The largest absolute Gasteiger partial charge is 0.456 e. The van der Waals surface area contributed by atoms with Gasteiger partial charge < -0.3 is 14.2 Å². The maximum Gasteiger partial charge on any atom is 0.139 e. The zero-order chi connectivity index (χ0) is 41.7. The average molecular weight is 896 g/mol. The fourth-order valence-corrected chi connectivity index (χ4v) is 15.3. The van der Waals surface area contributed by atoms with Gasteiger partial charge >= 0.3 is 0 Å². The quantitative estimate of drug-likeness (QED) is 0.0695. The number of fused-ring (bicyclic) bond motifs is 6. The van der Waals surface area contributed by atoms with E-state index in [1.165, 1.54) is 115 Å². The molecule has 0 amide bonds. The SMILES string of the molecule is CCCCCCc1cc(P2c3cc(C)ccc3Oc3ccc(C)cc32)c2c(c1)C(C)(C)c1cc(CCCCCBr)cc(P3c4cc(C)ccc4Oc4ccc(C)cc43)c1O2. The summed E-state index contributed by atoms with van der Waals surface area (Å²) in [5.41, 5.74) is 10.0. The molecule has 6 aromatic rings. The first-order valence-corrected chi connectivity index (χ1v) is 25.8. The molecule has 60 heavy (non-hydrogen) atoms. The van der Waals surface area contributed by atoms with Gasteiger partial charge in [0, 0.05) is 53.7 Å². The fourth-order valence-electron chi connectivity index (χ4n) is 9.28. The van der Waals surface area contributed by atoms with Crippen LogP contribution in [0.15, 0.2) is 97.1 Å². The van der Waals surface area contributed by atoms with E-state index in [1.807, 2.05) is 0 Å². The molecule has 3 nitrogen and oxygen atoms in total. The first-order valence-electron chi connectivity index (χ1n) is 22.0. The monoisotopic (exact) mass is 894 g/mol. The number of hydrogen-bond donors (Lipinski definition) is 0. The number of halogens is 1. The standard InChI is InChI=1S/C54H57BrO3P2/c1-8-9-10-12-15-38-30-40-52(50(32-38)59-46-26-34(2)17-21-42(46)56-43-22-18-35(3)27-47(43)59)58-53-41(54(40,6)7)31-39(16-13-11-14-25-55)33-51(53)60-48-28-36(4)19-23-44(48)57-45-24-20-37(5)29-49(45)60/h17-24,26-33H,8-16,25H2,1-7H3. The summed E-state index contributed by atoms with van der Waals surface area (Å²) in [6.45, 7) is 16.0. The molecule has 308 valence electrons. The highest BCUT2D eigenvalue weighted by Gasteiger charge is 2.43. The predicted molar refractivity (Wildman–Crippen MR) is 261 cm³/mol. The van der Waals surface area contributed by atoms with Gasteiger partial charge in [0.1, 0.15) is 34.5 Å². The third kappa shape index (κ3) is 7.76. The number of rotatable bonds is 12. The average Bonchev–Trinajstić information content (AvgIpc) is 3.23. The smallest absolute Gasteiger partial charge is 0.139 e. The molecule has 6 aromatic carbocycles. The molecular formula is C54H57BrO3P2. The molecule has 3 heterocycles. The maximum atomic E-state index is 7.80. The van der Waals surface area contributed by atoms with Crippen LogP contribution in [-0.4, -0.2) is 5.33 Å². The van der Waals surface area contributed by atoms with Gasteiger partial charge in [-0.3, -0.25) is 0 Å². The number of benzene rings is 6. The minimum Gasteiger partial charge on any atom is -0.456 e. The van der Waals surface area contributed by atoms with Gasteiger partial charge in [-0.05, 0) is 147 Å². The van der Waals surface area contributed by atoms with E-state index in [9.17, 15) is 0 Å². The van der Waals surface area contributed by atoms with Crippen molar-refractivity contribution in [1.82, 2.24) is 0 Å². The Balaban J connectivity index is 1.30. The van der Waals surface area contributed by atoms with E-state index >= 15 is 0 Å². The van der Waals surface area contributed by atoms with Crippen LogP contribution in [0.2, 0.25) is 0 Å². The van der Waals surface area contributed by atoms with Crippen LogP contribution >= 0.6 is 31.8 Å². The topological polar surface area (TPSA) is 27.7 Å². The molecule has 0 fully saturated rings. The van der Waals surface area contributed by atoms with Crippen molar-refractivity contribution in [3.8, 4) is 34.5 Å². The molecule has 0 spiro atoms. The van der Waals surface area contributed by atoms with Gasteiger partial charge in [0.05, 0.1) is 0 Å². The van der Waals surface area contributed by atoms with Crippen LogP contribution in [0, 0.1) is 27.7 Å². The summed E-state index contributed by atoms with van der Waals surface area (Å²) in [7, 11) is -2.04. The van der Waals surface area contributed by atoms with Crippen LogP contribution in [0.3, 0.4) is 0 Å². The Morgan fingerprint density at radius 3 is 1.20 bits per heavy atom. The minimum absolute atomic E-state index is 0.323. The van der Waals surface area contributed by atoms with Crippen molar-refractivity contribution in [2.24, 2.45) is 0 Å². The van der Waals surface area contributed by atoms with Crippen LogP contribution in [-0.2, 0) is 18.3 Å². The van der Waals surface area contributed by atoms with Crippen molar-refractivity contribution in [2.45, 2.75) is 112 Å². The lowest BCUT2D eigenvalue weighted by Crippen LogP contribution is -2.35. The molecule has 3 aliphatic rings. The number of hydrogen-bond acceptors (Lipinski definition) is 3. The van der Waals surface area contributed by atoms with Crippen molar-refractivity contribution in [1.29, 1.82) is 0 Å². The number of aryl methyl sites for hydroxylation is 6. The lowest BCUT2D eigenvalue weighted by Gasteiger charge is -2.40. The zero-order valence-electron chi connectivity index (χ0n) is 36.3. The van der Waals surface area contributed by atoms with Gasteiger partial charge in [-0.25, -0.2) is 0 Å². The van der Waals surface area contributed by atoms with Crippen LogP contribution in [0.5, 0.6) is 34.5 Å². The fraction of sp³-hybridized carbons (Fsp3) is 0.333. The van der Waals surface area contributed by atoms with Crippen molar-refractivity contribution < 1.29 is 14.2 Å². The molecule has 0 atom stereocenters. The Kier molecular flexibility index (Phi) is 11.8. The maximum absolute atomic E-state index is 7.80. The summed E-state index contributed by atoms with van der Waals surface area (Å²) in [6, 6.07) is 36.9. The first-order chi connectivity index (χ1) is 29.0. The van der Waals surface area contributed by atoms with E-state index in [0.29, 0.717) is 0 Å². The second kappa shape index (κ2) is 17.1. The van der Waals surface area contributed by atoms with E-state index in [2.05, 4.69) is 161 Å². The number of unbranched alkanes of at least 4 members (excludes halogenated alkanes) is 5. The van der Waals surface area contributed by atoms with Crippen LogP contribution in [0.1, 0.15) is 110 Å². The van der Waals surface area contributed by atoms with Crippen molar-refractivity contribution in [3.05, 3.63) is 142 Å². The second-order valence-electron chi connectivity index (χ2n) is 17.8. The van der Waals surface area contributed by atoms with Crippen LogP contribution in [0.25, 0.3) is 0 Å². The van der Waals surface area contributed by atoms with Gasteiger partial charge in [-0.2, -0.15) is 0 Å². The molecule has 0 bridgehead atoms. The highest BCUT2D eigenvalue weighted by molar-refractivity contribution is 9.09. The third-order valence-corrected chi connectivity index (χ3v) is 18.1. The van der Waals surface area contributed by atoms with Gasteiger partial charge in [0.15, 0.2) is 0 Å². The van der Waals surface area contributed by atoms with E-state index < -0.39 is 15.8 Å². The summed E-state index contributed by atoms with van der Waals surface area (Å²) < 4.78 is 21.2. The molecule has 3 aliphatic heterocycles. The Hall–Kier alpha value is -3.94.